The van der Waals surface area contributed by atoms with Gasteiger partial charge in [-0.2, -0.15) is 0 Å². The molecule has 1 unspecified atom stereocenters. The monoisotopic (exact) mass is 410 g/mol. The smallest absolute Gasteiger partial charge is 0.231 e. The number of aromatic nitrogens is 1. The van der Waals surface area contributed by atoms with E-state index in [1.54, 1.807) is 21.1 Å². The number of hydrogen-bond acceptors (Lipinski definition) is 7. The summed E-state index contributed by atoms with van der Waals surface area (Å²) in [6, 6.07) is 13.8. The van der Waals surface area contributed by atoms with Gasteiger partial charge in [0.2, 0.25) is 12.7 Å². The fourth-order valence-electron chi connectivity index (χ4n) is 3.69. The van der Waals surface area contributed by atoms with Gasteiger partial charge in [0.15, 0.2) is 11.5 Å². The molecule has 0 bridgehead atoms. The van der Waals surface area contributed by atoms with Gasteiger partial charge >= 0.3 is 0 Å². The Balaban J connectivity index is 1.61. The van der Waals surface area contributed by atoms with Crippen molar-refractivity contribution in [3.8, 4) is 23.1 Å². The lowest BCUT2D eigenvalue weighted by molar-refractivity contribution is 0.117. The van der Waals surface area contributed by atoms with Crippen molar-refractivity contribution >= 4 is 10.9 Å². The largest absolute Gasteiger partial charge is 0.497 e. The minimum atomic E-state index is -0.470. The number of rotatable bonds is 8. The summed E-state index contributed by atoms with van der Waals surface area (Å²) in [4.78, 5) is 6.82. The summed E-state index contributed by atoms with van der Waals surface area (Å²) >= 11 is 0. The van der Waals surface area contributed by atoms with Gasteiger partial charge in [-0.05, 0) is 42.8 Å². The zero-order valence-electron chi connectivity index (χ0n) is 17.4. The highest BCUT2D eigenvalue weighted by Gasteiger charge is 2.18. The van der Waals surface area contributed by atoms with Crippen LogP contribution in [0.25, 0.3) is 10.9 Å². The van der Waals surface area contributed by atoms with Crippen LogP contribution in [0.2, 0.25) is 0 Å². The second-order valence-electron chi connectivity index (χ2n) is 7.42. The third-order valence-corrected chi connectivity index (χ3v) is 5.02. The number of aliphatic hydroxyl groups excluding tert-OH is 1. The maximum Gasteiger partial charge on any atom is 0.231 e. The van der Waals surface area contributed by atoms with E-state index in [9.17, 15) is 5.11 Å². The molecule has 0 radical (unpaired) electrons. The van der Waals surface area contributed by atoms with E-state index in [0.29, 0.717) is 25.5 Å². The van der Waals surface area contributed by atoms with Crippen LogP contribution in [-0.2, 0) is 13.1 Å². The van der Waals surface area contributed by atoms with Gasteiger partial charge in [0.05, 0.1) is 25.8 Å². The van der Waals surface area contributed by atoms with E-state index in [4.69, 9.17) is 18.9 Å². The predicted molar refractivity (Wildman–Crippen MR) is 113 cm³/mol. The molecule has 1 aliphatic heterocycles. The van der Waals surface area contributed by atoms with Gasteiger partial charge in [0.1, 0.15) is 5.75 Å². The predicted octanol–water partition coefficient (Wildman–Crippen LogP) is 3.36. The lowest BCUT2D eigenvalue weighted by Gasteiger charge is -2.25. The SMILES string of the molecule is COc1ccc2cc(CN(Cc3ccc4c(c3)OCO4)CC(C)O)c(OC)nc2c1. The summed E-state index contributed by atoms with van der Waals surface area (Å²) in [5, 5.41) is 11.0. The highest BCUT2D eigenvalue weighted by Crippen LogP contribution is 2.33. The van der Waals surface area contributed by atoms with Crippen LogP contribution in [0.3, 0.4) is 0 Å². The first-order valence-corrected chi connectivity index (χ1v) is 9.86. The third kappa shape index (κ3) is 4.42. The highest BCUT2D eigenvalue weighted by molar-refractivity contribution is 5.81. The zero-order chi connectivity index (χ0) is 21.1. The standard InChI is InChI=1S/C23H26N2O5/c1-15(26)11-25(12-16-4-7-21-22(8-16)30-14-29-21)13-18-9-17-5-6-19(27-2)10-20(17)24-23(18)28-3/h4-10,15,26H,11-14H2,1-3H3. The van der Waals surface area contributed by atoms with Crippen molar-refractivity contribution in [3.63, 3.8) is 0 Å². The average molecular weight is 410 g/mol. The molecule has 0 spiro atoms. The molecule has 2 heterocycles. The Hall–Kier alpha value is -3.03. The van der Waals surface area contributed by atoms with Crippen LogP contribution >= 0.6 is 0 Å². The maximum atomic E-state index is 10.0. The van der Waals surface area contributed by atoms with E-state index >= 15 is 0 Å². The normalized spacial score (nSPS) is 13.6. The molecule has 158 valence electrons. The Morgan fingerprint density at radius 3 is 2.63 bits per heavy atom. The summed E-state index contributed by atoms with van der Waals surface area (Å²) < 4.78 is 21.8. The topological polar surface area (TPSA) is 73.3 Å². The number of pyridine rings is 1. The van der Waals surface area contributed by atoms with Crippen LogP contribution in [-0.4, -0.2) is 48.7 Å². The van der Waals surface area contributed by atoms with Crippen molar-refractivity contribution in [1.29, 1.82) is 0 Å². The number of aliphatic hydroxyl groups is 1. The fourth-order valence-corrected chi connectivity index (χ4v) is 3.69. The van der Waals surface area contributed by atoms with E-state index in [2.05, 4.69) is 16.0 Å². The summed E-state index contributed by atoms with van der Waals surface area (Å²) in [5.74, 6) is 2.83. The Kier molecular flexibility index (Phi) is 5.92. The molecule has 1 aromatic heterocycles. The lowest BCUT2D eigenvalue weighted by atomic mass is 10.1. The van der Waals surface area contributed by atoms with E-state index < -0.39 is 6.10 Å². The molecule has 7 heteroatoms. The minimum absolute atomic E-state index is 0.251. The van der Waals surface area contributed by atoms with Gasteiger partial charge in [0.25, 0.3) is 0 Å². The molecule has 0 saturated carbocycles. The lowest BCUT2D eigenvalue weighted by Crippen LogP contribution is -2.30. The number of ether oxygens (including phenoxy) is 4. The van der Waals surface area contributed by atoms with Crippen LogP contribution in [0, 0.1) is 0 Å². The van der Waals surface area contributed by atoms with Crippen LogP contribution in [0.4, 0.5) is 0 Å². The van der Waals surface area contributed by atoms with Crippen molar-refractivity contribution in [2.45, 2.75) is 26.1 Å². The first kappa shape index (κ1) is 20.3. The number of methoxy groups -OCH3 is 2. The van der Waals surface area contributed by atoms with Gasteiger partial charge < -0.3 is 24.1 Å². The molecular formula is C23H26N2O5. The Labute approximate surface area is 175 Å². The Morgan fingerprint density at radius 1 is 1.03 bits per heavy atom. The van der Waals surface area contributed by atoms with Crippen LogP contribution in [0.5, 0.6) is 23.1 Å². The molecule has 30 heavy (non-hydrogen) atoms. The molecule has 1 aliphatic rings. The summed E-state index contributed by atoms with van der Waals surface area (Å²) in [5.41, 5.74) is 2.85. The molecule has 0 amide bonds. The van der Waals surface area contributed by atoms with E-state index in [-0.39, 0.29) is 6.79 Å². The maximum absolute atomic E-state index is 10.0. The zero-order valence-corrected chi connectivity index (χ0v) is 17.4. The molecule has 3 aromatic rings. The molecule has 0 saturated heterocycles. The van der Waals surface area contributed by atoms with Crippen molar-refractivity contribution in [2.24, 2.45) is 0 Å². The fraction of sp³-hybridized carbons (Fsp3) is 0.348. The van der Waals surface area contributed by atoms with Crippen molar-refractivity contribution < 1.29 is 24.1 Å². The summed E-state index contributed by atoms with van der Waals surface area (Å²) in [6.07, 6.45) is -0.470. The second kappa shape index (κ2) is 8.77. The third-order valence-electron chi connectivity index (χ3n) is 5.02. The van der Waals surface area contributed by atoms with Crippen molar-refractivity contribution in [3.05, 3.63) is 53.6 Å². The molecule has 1 N–H and O–H groups in total. The van der Waals surface area contributed by atoms with Crippen LogP contribution < -0.4 is 18.9 Å². The summed E-state index contributed by atoms with van der Waals surface area (Å²) in [7, 11) is 3.26. The first-order valence-electron chi connectivity index (χ1n) is 9.86. The molecule has 1 atom stereocenters. The quantitative estimate of drug-likeness (QED) is 0.610. The second-order valence-corrected chi connectivity index (χ2v) is 7.42. The summed E-state index contributed by atoms with van der Waals surface area (Å²) in [6.45, 7) is 3.77. The van der Waals surface area contributed by atoms with E-state index in [0.717, 1.165) is 39.3 Å². The van der Waals surface area contributed by atoms with Gasteiger partial charge in [-0.1, -0.05) is 6.07 Å². The number of hydrogen-bond donors (Lipinski definition) is 1. The molecular weight excluding hydrogens is 384 g/mol. The van der Waals surface area contributed by atoms with Crippen molar-refractivity contribution in [1.82, 2.24) is 9.88 Å². The molecule has 4 rings (SSSR count). The molecule has 0 aliphatic carbocycles. The Bertz CT molecular complexity index is 1040. The van der Waals surface area contributed by atoms with Gasteiger partial charge in [-0.3, -0.25) is 4.90 Å². The molecule has 2 aromatic carbocycles. The first-order chi connectivity index (χ1) is 14.6. The van der Waals surface area contributed by atoms with Gasteiger partial charge in [-0.25, -0.2) is 4.98 Å². The van der Waals surface area contributed by atoms with Crippen LogP contribution in [0.15, 0.2) is 42.5 Å². The molecule has 0 fully saturated rings. The van der Waals surface area contributed by atoms with E-state index in [1.807, 2.05) is 36.4 Å². The number of nitrogens with zero attached hydrogens (tertiary/aromatic N) is 2. The van der Waals surface area contributed by atoms with E-state index in [1.165, 1.54) is 0 Å². The average Bonchev–Trinajstić information content (AvgIpc) is 3.20. The number of benzene rings is 2. The minimum Gasteiger partial charge on any atom is -0.497 e. The van der Waals surface area contributed by atoms with Gasteiger partial charge in [0, 0.05) is 36.7 Å². The van der Waals surface area contributed by atoms with Crippen LogP contribution in [0.1, 0.15) is 18.1 Å². The Morgan fingerprint density at radius 2 is 1.87 bits per heavy atom. The number of fused-ring (bicyclic) bond motifs is 2. The molecule has 7 nitrogen and oxygen atoms in total. The van der Waals surface area contributed by atoms with Crippen molar-refractivity contribution in [2.75, 3.05) is 27.6 Å². The van der Waals surface area contributed by atoms with Gasteiger partial charge in [-0.15, -0.1) is 0 Å². The highest BCUT2D eigenvalue weighted by atomic mass is 16.7.